The van der Waals surface area contributed by atoms with Crippen molar-refractivity contribution in [2.75, 3.05) is 33.3 Å². The van der Waals surface area contributed by atoms with Crippen molar-refractivity contribution in [1.29, 1.82) is 0 Å². The first-order chi connectivity index (χ1) is 11.5. The molecule has 0 radical (unpaired) electrons. The fourth-order valence-electron chi connectivity index (χ4n) is 3.08. The number of amides is 2. The van der Waals surface area contributed by atoms with Crippen molar-refractivity contribution in [3.8, 4) is 0 Å². The number of rotatable bonds is 7. The fourth-order valence-corrected chi connectivity index (χ4v) is 3.08. The van der Waals surface area contributed by atoms with E-state index in [9.17, 15) is 4.79 Å². The molecule has 6 nitrogen and oxygen atoms in total. The van der Waals surface area contributed by atoms with Crippen molar-refractivity contribution in [2.24, 2.45) is 5.92 Å². The van der Waals surface area contributed by atoms with E-state index >= 15 is 0 Å². The Bertz CT molecular complexity index is 509. The monoisotopic (exact) mass is 334 g/mol. The first-order valence-electron chi connectivity index (χ1n) is 8.74. The van der Waals surface area contributed by atoms with Crippen molar-refractivity contribution in [1.82, 2.24) is 20.1 Å². The van der Waals surface area contributed by atoms with Crippen LogP contribution in [0.1, 0.15) is 26.5 Å². The molecule has 0 bridgehead atoms. The maximum atomic E-state index is 12.8. The van der Waals surface area contributed by atoms with Gasteiger partial charge in [0.15, 0.2) is 0 Å². The number of hydrogen-bond donors (Lipinski definition) is 1. The third-order valence-corrected chi connectivity index (χ3v) is 4.35. The number of likely N-dealkylation sites (tertiary alicyclic amines) is 1. The molecule has 2 atom stereocenters. The van der Waals surface area contributed by atoms with Gasteiger partial charge in [-0.15, -0.1) is 0 Å². The Morgan fingerprint density at radius 3 is 2.83 bits per heavy atom. The van der Waals surface area contributed by atoms with Crippen molar-refractivity contribution in [2.45, 2.75) is 39.5 Å². The first kappa shape index (κ1) is 18.7. The van der Waals surface area contributed by atoms with Crippen molar-refractivity contribution < 1.29 is 9.53 Å². The van der Waals surface area contributed by atoms with Gasteiger partial charge in [-0.1, -0.05) is 26.8 Å². The van der Waals surface area contributed by atoms with Crippen LogP contribution in [0.5, 0.6) is 0 Å². The summed E-state index contributed by atoms with van der Waals surface area (Å²) in [5.41, 5.74) is 0.901. The van der Waals surface area contributed by atoms with E-state index in [0.29, 0.717) is 19.0 Å². The lowest BCUT2D eigenvalue weighted by molar-refractivity contribution is 0.0890. The van der Waals surface area contributed by atoms with Crippen LogP contribution in [-0.4, -0.2) is 66.2 Å². The van der Waals surface area contributed by atoms with E-state index in [2.05, 4.69) is 36.0 Å². The lowest BCUT2D eigenvalue weighted by Crippen LogP contribution is -2.50. The maximum absolute atomic E-state index is 12.8. The summed E-state index contributed by atoms with van der Waals surface area (Å²) in [4.78, 5) is 21.3. The minimum absolute atomic E-state index is 0.0286. The molecule has 134 valence electrons. The molecule has 0 spiro atoms. The summed E-state index contributed by atoms with van der Waals surface area (Å²) in [6.07, 6.45) is 1.81. The summed E-state index contributed by atoms with van der Waals surface area (Å²) in [6, 6.07) is 5.77. The standard InChI is InChI=1S/C18H30N4O2/c1-5-21-12-16(17(13-21)24-4)20-18(23)22(10-14(2)3)11-15-8-6-7-9-19-15/h6-9,14,16-17H,5,10-13H2,1-4H3,(H,20,23)/t16-,17-/m0/s1. The van der Waals surface area contributed by atoms with Gasteiger partial charge >= 0.3 is 6.03 Å². The minimum atomic E-state index is -0.0423. The second-order valence-corrected chi connectivity index (χ2v) is 6.78. The third-order valence-electron chi connectivity index (χ3n) is 4.35. The second kappa shape index (κ2) is 8.99. The van der Waals surface area contributed by atoms with E-state index < -0.39 is 0 Å². The summed E-state index contributed by atoms with van der Waals surface area (Å²) in [7, 11) is 1.71. The van der Waals surface area contributed by atoms with Gasteiger partial charge in [-0.05, 0) is 24.6 Å². The van der Waals surface area contributed by atoms with E-state index in [1.54, 1.807) is 13.3 Å². The maximum Gasteiger partial charge on any atom is 0.318 e. The van der Waals surface area contributed by atoms with Gasteiger partial charge in [0.25, 0.3) is 0 Å². The number of carbonyl (C=O) groups is 1. The number of methoxy groups -OCH3 is 1. The molecule has 1 aromatic heterocycles. The zero-order chi connectivity index (χ0) is 17.5. The molecule has 2 rings (SSSR count). The highest BCUT2D eigenvalue weighted by molar-refractivity contribution is 5.74. The predicted molar refractivity (Wildman–Crippen MR) is 94.7 cm³/mol. The fraction of sp³-hybridized carbons (Fsp3) is 0.667. The quantitative estimate of drug-likeness (QED) is 0.828. The summed E-state index contributed by atoms with van der Waals surface area (Å²) in [6.45, 7) is 10.2. The normalized spacial score (nSPS) is 21.2. The predicted octanol–water partition coefficient (Wildman–Crippen LogP) is 1.97. The van der Waals surface area contributed by atoms with Crippen LogP contribution < -0.4 is 5.32 Å². The molecule has 1 N–H and O–H groups in total. The van der Waals surface area contributed by atoms with Gasteiger partial charge in [-0.2, -0.15) is 0 Å². The van der Waals surface area contributed by atoms with Crippen molar-refractivity contribution >= 4 is 6.03 Å². The van der Waals surface area contributed by atoms with Crippen LogP contribution in [0.15, 0.2) is 24.4 Å². The van der Waals surface area contributed by atoms with Gasteiger partial charge in [0.1, 0.15) is 0 Å². The van der Waals surface area contributed by atoms with Crippen LogP contribution in [0, 0.1) is 5.92 Å². The third kappa shape index (κ3) is 5.18. The van der Waals surface area contributed by atoms with Gasteiger partial charge < -0.3 is 15.0 Å². The Morgan fingerprint density at radius 1 is 1.46 bits per heavy atom. The van der Waals surface area contributed by atoms with Crippen LogP contribution in [0.25, 0.3) is 0 Å². The van der Waals surface area contributed by atoms with Crippen LogP contribution in [0.3, 0.4) is 0 Å². The number of hydrogen-bond acceptors (Lipinski definition) is 4. The zero-order valence-corrected chi connectivity index (χ0v) is 15.2. The molecule has 1 aromatic rings. The van der Waals surface area contributed by atoms with E-state index in [4.69, 9.17) is 4.74 Å². The van der Waals surface area contributed by atoms with E-state index in [1.165, 1.54) is 0 Å². The average molecular weight is 334 g/mol. The van der Waals surface area contributed by atoms with Gasteiger partial charge in [0, 0.05) is 32.9 Å². The van der Waals surface area contributed by atoms with Gasteiger partial charge in [-0.3, -0.25) is 9.88 Å². The SMILES string of the molecule is CCN1C[C@H](NC(=O)N(Cc2ccccn2)CC(C)C)[C@@H](OC)C1. The molecule has 0 aliphatic carbocycles. The highest BCUT2D eigenvalue weighted by atomic mass is 16.5. The highest BCUT2D eigenvalue weighted by Crippen LogP contribution is 2.14. The molecule has 0 unspecified atom stereocenters. The molecule has 6 heteroatoms. The lowest BCUT2D eigenvalue weighted by Gasteiger charge is -2.27. The molecule has 24 heavy (non-hydrogen) atoms. The molecule has 1 aliphatic heterocycles. The summed E-state index contributed by atoms with van der Waals surface area (Å²) in [5.74, 6) is 0.397. The van der Waals surface area contributed by atoms with Crippen LogP contribution >= 0.6 is 0 Å². The van der Waals surface area contributed by atoms with Gasteiger partial charge in [-0.25, -0.2) is 4.79 Å². The zero-order valence-electron chi connectivity index (χ0n) is 15.2. The average Bonchev–Trinajstić information content (AvgIpc) is 2.97. The Kier molecular flexibility index (Phi) is 6.99. The number of nitrogens with one attached hydrogen (secondary N) is 1. The Labute approximate surface area is 145 Å². The Hall–Kier alpha value is -1.66. The van der Waals surface area contributed by atoms with E-state index in [0.717, 1.165) is 25.3 Å². The molecule has 0 saturated carbocycles. The summed E-state index contributed by atoms with van der Waals surface area (Å²) < 4.78 is 5.55. The van der Waals surface area contributed by atoms with E-state index in [1.807, 2.05) is 23.1 Å². The van der Waals surface area contributed by atoms with Crippen LogP contribution in [0.2, 0.25) is 0 Å². The Balaban J connectivity index is 2.01. The number of nitrogens with zero attached hydrogens (tertiary/aromatic N) is 3. The molecule has 2 amide bonds. The molecular weight excluding hydrogens is 304 g/mol. The van der Waals surface area contributed by atoms with Crippen LogP contribution in [0.4, 0.5) is 4.79 Å². The highest BCUT2D eigenvalue weighted by Gasteiger charge is 2.34. The Morgan fingerprint density at radius 2 is 2.25 bits per heavy atom. The lowest BCUT2D eigenvalue weighted by atomic mass is 10.2. The second-order valence-electron chi connectivity index (χ2n) is 6.78. The van der Waals surface area contributed by atoms with Crippen LogP contribution in [-0.2, 0) is 11.3 Å². The molecule has 1 aliphatic rings. The molecule has 2 heterocycles. The number of urea groups is 1. The van der Waals surface area contributed by atoms with Crippen molar-refractivity contribution in [3.63, 3.8) is 0 Å². The topological polar surface area (TPSA) is 57.7 Å². The number of carbonyl (C=O) groups excluding carboxylic acids is 1. The number of likely N-dealkylation sites (N-methyl/N-ethyl adjacent to an activating group) is 1. The number of ether oxygens (including phenoxy) is 1. The smallest absolute Gasteiger partial charge is 0.318 e. The minimum Gasteiger partial charge on any atom is -0.378 e. The van der Waals surface area contributed by atoms with Gasteiger partial charge in [0.2, 0.25) is 0 Å². The number of aromatic nitrogens is 1. The molecule has 0 aromatic carbocycles. The summed E-state index contributed by atoms with van der Waals surface area (Å²) in [5, 5.41) is 3.16. The summed E-state index contributed by atoms with van der Waals surface area (Å²) >= 11 is 0. The number of pyridine rings is 1. The molecule has 1 saturated heterocycles. The van der Waals surface area contributed by atoms with Gasteiger partial charge in [0.05, 0.1) is 24.4 Å². The molecular formula is C18H30N4O2. The first-order valence-corrected chi connectivity index (χ1v) is 8.74. The molecule has 1 fully saturated rings. The van der Waals surface area contributed by atoms with Crippen molar-refractivity contribution in [3.05, 3.63) is 30.1 Å². The van der Waals surface area contributed by atoms with E-state index in [-0.39, 0.29) is 18.2 Å². The largest absolute Gasteiger partial charge is 0.378 e.